The van der Waals surface area contributed by atoms with Crippen LogP contribution < -0.4 is 10.6 Å². The summed E-state index contributed by atoms with van der Waals surface area (Å²) in [5.41, 5.74) is -0.103. The molecule has 1 aromatic rings. The lowest BCUT2D eigenvalue weighted by molar-refractivity contribution is -0.122. The number of amides is 1. The average molecular weight is 252 g/mol. The van der Waals surface area contributed by atoms with E-state index >= 15 is 0 Å². The number of hydrogen-bond donors (Lipinski definition) is 2. The van der Waals surface area contributed by atoms with Crippen molar-refractivity contribution in [2.24, 2.45) is 0 Å². The van der Waals surface area contributed by atoms with Crippen LogP contribution in [0.4, 0.5) is 0 Å². The van der Waals surface area contributed by atoms with Crippen molar-refractivity contribution in [2.75, 3.05) is 26.8 Å². The molecule has 0 aromatic carbocycles. The standard InChI is InChI=1S/C12H20N4O2/c1-18-10-12(4-2-5-14-12)9-13-11(17)8-16-7-3-6-15-16/h3,6-7,14H,2,4-5,8-10H2,1H3,(H,13,17). The van der Waals surface area contributed by atoms with Gasteiger partial charge in [-0.2, -0.15) is 5.10 Å². The van der Waals surface area contributed by atoms with Gasteiger partial charge in [0.1, 0.15) is 6.54 Å². The molecule has 6 heteroatoms. The summed E-state index contributed by atoms with van der Waals surface area (Å²) in [5, 5.41) is 10.4. The summed E-state index contributed by atoms with van der Waals surface area (Å²) in [5.74, 6) is -0.0251. The first-order valence-corrected chi connectivity index (χ1v) is 6.22. The maximum absolute atomic E-state index is 11.8. The van der Waals surface area contributed by atoms with Gasteiger partial charge in [0.15, 0.2) is 0 Å². The minimum Gasteiger partial charge on any atom is -0.383 e. The van der Waals surface area contributed by atoms with Crippen molar-refractivity contribution in [3.05, 3.63) is 18.5 Å². The monoisotopic (exact) mass is 252 g/mol. The van der Waals surface area contributed by atoms with E-state index in [1.54, 1.807) is 30.3 Å². The maximum Gasteiger partial charge on any atom is 0.241 e. The zero-order valence-corrected chi connectivity index (χ0v) is 10.7. The lowest BCUT2D eigenvalue weighted by atomic mass is 9.99. The maximum atomic E-state index is 11.8. The van der Waals surface area contributed by atoms with Crippen LogP contribution in [0.3, 0.4) is 0 Å². The second-order valence-corrected chi connectivity index (χ2v) is 4.72. The van der Waals surface area contributed by atoms with Gasteiger partial charge in [0.05, 0.1) is 12.1 Å². The molecule has 0 saturated carbocycles. The van der Waals surface area contributed by atoms with Gasteiger partial charge in [0.2, 0.25) is 5.91 Å². The number of ether oxygens (including phenoxy) is 1. The van der Waals surface area contributed by atoms with Gasteiger partial charge < -0.3 is 15.4 Å². The number of rotatable bonds is 6. The van der Waals surface area contributed by atoms with Crippen LogP contribution in [-0.2, 0) is 16.1 Å². The Labute approximate surface area is 107 Å². The molecular formula is C12H20N4O2. The molecule has 0 spiro atoms. The van der Waals surface area contributed by atoms with Crippen LogP contribution in [0.1, 0.15) is 12.8 Å². The summed E-state index contributed by atoms with van der Waals surface area (Å²) in [7, 11) is 1.69. The molecule has 2 heterocycles. The van der Waals surface area contributed by atoms with Crippen LogP contribution in [0, 0.1) is 0 Å². The van der Waals surface area contributed by atoms with Crippen LogP contribution >= 0.6 is 0 Å². The first-order valence-electron chi connectivity index (χ1n) is 6.22. The quantitative estimate of drug-likeness (QED) is 0.734. The summed E-state index contributed by atoms with van der Waals surface area (Å²) >= 11 is 0. The molecule has 1 saturated heterocycles. The van der Waals surface area contributed by atoms with E-state index in [1.165, 1.54) is 0 Å². The lowest BCUT2D eigenvalue weighted by Crippen LogP contribution is -2.53. The van der Waals surface area contributed by atoms with Crippen LogP contribution in [0.2, 0.25) is 0 Å². The molecule has 6 nitrogen and oxygen atoms in total. The van der Waals surface area contributed by atoms with E-state index in [4.69, 9.17) is 4.74 Å². The number of methoxy groups -OCH3 is 1. The fourth-order valence-corrected chi connectivity index (χ4v) is 2.33. The van der Waals surface area contributed by atoms with Gasteiger partial charge in [0, 0.05) is 26.0 Å². The molecule has 100 valence electrons. The van der Waals surface area contributed by atoms with Crippen LogP contribution in [0.5, 0.6) is 0 Å². The Morgan fingerprint density at radius 1 is 1.67 bits per heavy atom. The molecule has 0 radical (unpaired) electrons. The number of carbonyl (C=O) groups is 1. The van der Waals surface area contributed by atoms with Crippen molar-refractivity contribution < 1.29 is 9.53 Å². The van der Waals surface area contributed by atoms with Crippen molar-refractivity contribution in [2.45, 2.75) is 24.9 Å². The SMILES string of the molecule is COCC1(CNC(=O)Cn2cccn2)CCCN1. The van der Waals surface area contributed by atoms with Gasteiger partial charge in [-0.3, -0.25) is 9.48 Å². The van der Waals surface area contributed by atoms with E-state index in [-0.39, 0.29) is 18.0 Å². The number of aromatic nitrogens is 2. The summed E-state index contributed by atoms with van der Waals surface area (Å²) in [6.45, 7) is 2.46. The Morgan fingerprint density at radius 3 is 3.17 bits per heavy atom. The van der Waals surface area contributed by atoms with E-state index in [9.17, 15) is 4.79 Å². The molecule has 1 fully saturated rings. The average Bonchev–Trinajstić information content (AvgIpc) is 2.99. The summed E-state index contributed by atoms with van der Waals surface area (Å²) in [6, 6.07) is 1.80. The third kappa shape index (κ3) is 3.30. The molecule has 0 aliphatic carbocycles. The van der Waals surface area contributed by atoms with Crippen molar-refractivity contribution in [1.82, 2.24) is 20.4 Å². The van der Waals surface area contributed by atoms with Gasteiger partial charge in [-0.1, -0.05) is 0 Å². The molecule has 18 heavy (non-hydrogen) atoms. The molecule has 1 aliphatic heterocycles. The Bertz CT molecular complexity index is 371. The number of nitrogens with one attached hydrogen (secondary N) is 2. The van der Waals surface area contributed by atoms with Crippen LogP contribution in [0.15, 0.2) is 18.5 Å². The molecule has 1 unspecified atom stereocenters. The topological polar surface area (TPSA) is 68.2 Å². The Kier molecular flexibility index (Phi) is 4.33. The Morgan fingerprint density at radius 2 is 2.56 bits per heavy atom. The molecule has 2 rings (SSSR count). The van der Waals surface area contributed by atoms with Gasteiger partial charge in [0.25, 0.3) is 0 Å². The highest BCUT2D eigenvalue weighted by Crippen LogP contribution is 2.18. The van der Waals surface area contributed by atoms with E-state index in [2.05, 4.69) is 15.7 Å². The van der Waals surface area contributed by atoms with E-state index in [0.717, 1.165) is 19.4 Å². The number of hydrogen-bond acceptors (Lipinski definition) is 4. The van der Waals surface area contributed by atoms with Gasteiger partial charge in [-0.05, 0) is 25.5 Å². The third-order valence-electron chi connectivity index (χ3n) is 3.24. The lowest BCUT2D eigenvalue weighted by Gasteiger charge is -2.28. The van der Waals surface area contributed by atoms with E-state index < -0.39 is 0 Å². The van der Waals surface area contributed by atoms with Crippen LogP contribution in [-0.4, -0.2) is 48.0 Å². The highest BCUT2D eigenvalue weighted by atomic mass is 16.5. The molecule has 1 amide bonds. The van der Waals surface area contributed by atoms with Crippen LogP contribution in [0.25, 0.3) is 0 Å². The zero-order chi connectivity index (χ0) is 12.8. The van der Waals surface area contributed by atoms with Crippen molar-refractivity contribution in [3.8, 4) is 0 Å². The fraction of sp³-hybridized carbons (Fsp3) is 0.667. The fourth-order valence-electron chi connectivity index (χ4n) is 2.33. The van der Waals surface area contributed by atoms with Crippen molar-refractivity contribution >= 4 is 5.91 Å². The molecule has 1 aromatic heterocycles. The van der Waals surface area contributed by atoms with Gasteiger partial charge in [-0.15, -0.1) is 0 Å². The summed E-state index contributed by atoms with van der Waals surface area (Å²) in [6.07, 6.45) is 5.60. The normalized spacial score (nSPS) is 23.2. The molecule has 1 aliphatic rings. The number of carbonyl (C=O) groups excluding carboxylic acids is 1. The second-order valence-electron chi connectivity index (χ2n) is 4.72. The van der Waals surface area contributed by atoms with Crippen molar-refractivity contribution in [1.29, 1.82) is 0 Å². The Balaban J connectivity index is 1.80. The zero-order valence-electron chi connectivity index (χ0n) is 10.7. The Hall–Kier alpha value is -1.40. The molecule has 0 bridgehead atoms. The molecule has 1 atom stereocenters. The first-order chi connectivity index (χ1) is 8.74. The third-order valence-corrected chi connectivity index (χ3v) is 3.24. The predicted octanol–water partition coefficient (Wildman–Crippen LogP) is -0.232. The largest absolute Gasteiger partial charge is 0.383 e. The molecule has 2 N–H and O–H groups in total. The molecular weight excluding hydrogens is 232 g/mol. The predicted molar refractivity (Wildman–Crippen MR) is 67.1 cm³/mol. The second kappa shape index (κ2) is 5.97. The van der Waals surface area contributed by atoms with Gasteiger partial charge >= 0.3 is 0 Å². The summed E-state index contributed by atoms with van der Waals surface area (Å²) in [4.78, 5) is 11.8. The van der Waals surface area contributed by atoms with Crippen molar-refractivity contribution in [3.63, 3.8) is 0 Å². The minimum atomic E-state index is -0.103. The van der Waals surface area contributed by atoms with E-state index in [1.807, 2.05) is 0 Å². The number of nitrogens with zero attached hydrogens (tertiary/aromatic N) is 2. The minimum absolute atomic E-state index is 0.0251. The van der Waals surface area contributed by atoms with Gasteiger partial charge in [-0.25, -0.2) is 0 Å². The van der Waals surface area contributed by atoms with E-state index in [0.29, 0.717) is 13.2 Å². The first kappa shape index (κ1) is 13.0. The highest BCUT2D eigenvalue weighted by molar-refractivity contribution is 5.75. The highest BCUT2D eigenvalue weighted by Gasteiger charge is 2.33. The smallest absolute Gasteiger partial charge is 0.241 e. The summed E-state index contributed by atoms with van der Waals surface area (Å²) < 4.78 is 6.85.